The molecule has 1 saturated heterocycles. The van der Waals surface area contributed by atoms with Crippen LogP contribution in [-0.4, -0.2) is 36.8 Å². The smallest absolute Gasteiger partial charge is 0.273 e. The van der Waals surface area contributed by atoms with Gasteiger partial charge in [-0.15, -0.1) is 0 Å². The summed E-state index contributed by atoms with van der Waals surface area (Å²) < 4.78 is 11.1. The first-order chi connectivity index (χ1) is 12.3. The lowest BCUT2D eigenvalue weighted by Crippen LogP contribution is -2.30. The third-order valence-corrected chi connectivity index (χ3v) is 4.97. The van der Waals surface area contributed by atoms with Crippen LogP contribution in [0.3, 0.4) is 0 Å². The number of methoxy groups -OCH3 is 1. The average molecular weight is 356 g/mol. The van der Waals surface area contributed by atoms with E-state index in [1.165, 1.54) is 7.11 Å². The summed E-state index contributed by atoms with van der Waals surface area (Å²) in [6.45, 7) is 0. The number of rotatable bonds is 7. The second-order valence-corrected chi connectivity index (χ2v) is 6.68. The fraction of sp³-hybridized carbons (Fsp3) is 0.263. The van der Waals surface area contributed by atoms with Crippen molar-refractivity contribution in [2.75, 3.05) is 18.6 Å². The number of benzene rings is 2. The quantitative estimate of drug-likeness (QED) is 0.612. The number of carbonyl (C=O) groups is 1. The van der Waals surface area contributed by atoms with Gasteiger partial charge in [-0.25, -0.2) is 5.43 Å². The first-order valence-corrected chi connectivity index (χ1v) is 9.17. The molecule has 6 heteroatoms. The largest absolute Gasteiger partial charge is 0.489 e. The van der Waals surface area contributed by atoms with E-state index in [-0.39, 0.29) is 5.91 Å². The van der Waals surface area contributed by atoms with Crippen molar-refractivity contribution in [2.45, 2.75) is 12.2 Å². The van der Waals surface area contributed by atoms with Crippen molar-refractivity contribution < 1.29 is 14.3 Å². The molecule has 0 radical (unpaired) electrons. The molecule has 1 atom stereocenters. The van der Waals surface area contributed by atoms with Gasteiger partial charge >= 0.3 is 0 Å². The van der Waals surface area contributed by atoms with Crippen molar-refractivity contribution in [2.24, 2.45) is 5.10 Å². The predicted octanol–water partition coefficient (Wildman–Crippen LogP) is 3.02. The number of ether oxygens (including phenoxy) is 2. The number of hydrogen-bond donors (Lipinski definition) is 1. The van der Waals surface area contributed by atoms with Crippen LogP contribution in [0.4, 0.5) is 0 Å². The molecule has 0 aromatic heterocycles. The molecule has 0 aliphatic carbocycles. The van der Waals surface area contributed by atoms with Crippen LogP contribution in [0.1, 0.15) is 17.2 Å². The summed E-state index contributed by atoms with van der Waals surface area (Å²) in [6, 6.07) is 16.9. The van der Waals surface area contributed by atoms with E-state index in [0.717, 1.165) is 28.4 Å². The van der Waals surface area contributed by atoms with E-state index in [0.29, 0.717) is 6.10 Å². The van der Waals surface area contributed by atoms with Crippen LogP contribution >= 0.6 is 11.8 Å². The SMILES string of the molecule is CO[C@@H](C(=O)N/N=C\c1ccc(OC2CSC2)cc1)c1ccccc1. The number of thioether (sulfide) groups is 1. The van der Waals surface area contributed by atoms with Crippen LogP contribution < -0.4 is 10.2 Å². The molecule has 0 unspecified atom stereocenters. The zero-order chi connectivity index (χ0) is 17.5. The van der Waals surface area contributed by atoms with Crippen LogP contribution in [0, 0.1) is 0 Å². The normalized spacial score (nSPS) is 15.6. The van der Waals surface area contributed by atoms with E-state index in [1.807, 2.05) is 66.4 Å². The molecule has 1 N–H and O–H groups in total. The molecule has 1 heterocycles. The molecule has 2 aromatic carbocycles. The van der Waals surface area contributed by atoms with E-state index in [2.05, 4.69) is 10.5 Å². The molecule has 0 saturated carbocycles. The molecule has 130 valence electrons. The highest BCUT2D eigenvalue weighted by Gasteiger charge is 2.20. The Kier molecular flexibility index (Phi) is 6.09. The van der Waals surface area contributed by atoms with E-state index in [4.69, 9.17) is 9.47 Å². The predicted molar refractivity (Wildman–Crippen MR) is 100 cm³/mol. The summed E-state index contributed by atoms with van der Waals surface area (Å²) in [6.07, 6.45) is 1.24. The third kappa shape index (κ3) is 4.84. The molecule has 3 rings (SSSR count). The van der Waals surface area contributed by atoms with E-state index in [9.17, 15) is 4.79 Å². The molecule has 5 nitrogen and oxygen atoms in total. The minimum absolute atomic E-state index is 0.313. The Morgan fingerprint density at radius 2 is 1.92 bits per heavy atom. The van der Waals surface area contributed by atoms with E-state index in [1.54, 1.807) is 6.21 Å². The topological polar surface area (TPSA) is 59.9 Å². The molecule has 1 aliphatic heterocycles. The second-order valence-electron chi connectivity index (χ2n) is 5.61. The van der Waals surface area contributed by atoms with Gasteiger partial charge in [-0.2, -0.15) is 16.9 Å². The zero-order valence-electron chi connectivity index (χ0n) is 13.9. The Balaban J connectivity index is 1.53. The highest BCUT2D eigenvalue weighted by atomic mass is 32.2. The maximum absolute atomic E-state index is 12.2. The lowest BCUT2D eigenvalue weighted by molar-refractivity contribution is -0.131. The second kappa shape index (κ2) is 8.69. The van der Waals surface area contributed by atoms with Gasteiger partial charge in [0, 0.05) is 18.6 Å². The minimum atomic E-state index is -0.686. The Bertz CT molecular complexity index is 715. The molecule has 0 bridgehead atoms. The summed E-state index contributed by atoms with van der Waals surface area (Å²) in [7, 11) is 1.50. The first kappa shape index (κ1) is 17.5. The highest BCUT2D eigenvalue weighted by Crippen LogP contribution is 2.23. The number of carbonyl (C=O) groups excluding carboxylic acids is 1. The van der Waals surface area contributed by atoms with Crippen molar-refractivity contribution in [3.05, 3.63) is 65.7 Å². The Labute approximate surface area is 151 Å². The Hall–Kier alpha value is -2.31. The van der Waals surface area contributed by atoms with Crippen molar-refractivity contribution >= 4 is 23.9 Å². The monoisotopic (exact) mass is 356 g/mol. The minimum Gasteiger partial charge on any atom is -0.489 e. The van der Waals surface area contributed by atoms with Crippen molar-refractivity contribution in [1.82, 2.24) is 5.43 Å². The van der Waals surface area contributed by atoms with Gasteiger partial charge in [0.1, 0.15) is 11.9 Å². The van der Waals surface area contributed by atoms with Gasteiger partial charge in [-0.05, 0) is 35.4 Å². The van der Waals surface area contributed by atoms with Gasteiger partial charge in [0.15, 0.2) is 6.10 Å². The van der Waals surface area contributed by atoms with Crippen LogP contribution in [0.2, 0.25) is 0 Å². The Morgan fingerprint density at radius 3 is 2.52 bits per heavy atom. The highest BCUT2D eigenvalue weighted by molar-refractivity contribution is 8.00. The number of hydrogen-bond acceptors (Lipinski definition) is 5. The lowest BCUT2D eigenvalue weighted by Gasteiger charge is -2.25. The lowest BCUT2D eigenvalue weighted by atomic mass is 10.1. The molecule has 0 spiro atoms. The molecular weight excluding hydrogens is 336 g/mol. The van der Waals surface area contributed by atoms with Gasteiger partial charge in [0.25, 0.3) is 5.91 Å². The molecule has 1 amide bonds. The number of nitrogens with one attached hydrogen (secondary N) is 1. The van der Waals surface area contributed by atoms with Gasteiger partial charge < -0.3 is 9.47 Å². The van der Waals surface area contributed by atoms with Gasteiger partial charge in [-0.1, -0.05) is 30.3 Å². The summed E-state index contributed by atoms with van der Waals surface area (Å²) in [5, 5.41) is 4.01. The fourth-order valence-electron chi connectivity index (χ4n) is 2.36. The fourth-order valence-corrected chi connectivity index (χ4v) is 2.92. The Morgan fingerprint density at radius 1 is 1.20 bits per heavy atom. The summed E-state index contributed by atoms with van der Waals surface area (Å²) in [5.74, 6) is 2.65. The summed E-state index contributed by atoms with van der Waals surface area (Å²) in [4.78, 5) is 12.2. The third-order valence-electron chi connectivity index (χ3n) is 3.75. The van der Waals surface area contributed by atoms with E-state index >= 15 is 0 Å². The molecule has 1 aliphatic rings. The number of hydrazone groups is 1. The van der Waals surface area contributed by atoms with Crippen LogP contribution in [-0.2, 0) is 9.53 Å². The number of nitrogens with zero attached hydrogens (tertiary/aromatic N) is 1. The van der Waals surface area contributed by atoms with E-state index < -0.39 is 6.10 Å². The molecule has 1 fully saturated rings. The standard InChI is InChI=1S/C19H20N2O3S/c1-23-18(15-5-3-2-4-6-15)19(22)21-20-11-14-7-9-16(10-8-14)24-17-12-25-13-17/h2-11,17-18H,12-13H2,1H3,(H,21,22)/b20-11-/t18-/m1/s1. The van der Waals surface area contributed by atoms with Crippen LogP contribution in [0.25, 0.3) is 0 Å². The van der Waals surface area contributed by atoms with Crippen molar-refractivity contribution in [3.63, 3.8) is 0 Å². The number of amides is 1. The molecule has 25 heavy (non-hydrogen) atoms. The first-order valence-electron chi connectivity index (χ1n) is 8.01. The van der Waals surface area contributed by atoms with Crippen molar-refractivity contribution in [3.8, 4) is 5.75 Å². The molecular formula is C19H20N2O3S. The molecule has 2 aromatic rings. The summed E-state index contributed by atoms with van der Waals surface area (Å²) >= 11 is 1.89. The maximum Gasteiger partial charge on any atom is 0.273 e. The van der Waals surface area contributed by atoms with Crippen LogP contribution in [0.15, 0.2) is 59.7 Å². The average Bonchev–Trinajstić information content (AvgIpc) is 2.61. The maximum atomic E-state index is 12.2. The van der Waals surface area contributed by atoms with Gasteiger partial charge in [-0.3, -0.25) is 4.79 Å². The van der Waals surface area contributed by atoms with Gasteiger partial charge in [0.05, 0.1) is 6.21 Å². The summed E-state index contributed by atoms with van der Waals surface area (Å²) in [5.41, 5.74) is 4.18. The van der Waals surface area contributed by atoms with Crippen LogP contribution in [0.5, 0.6) is 5.75 Å². The zero-order valence-corrected chi connectivity index (χ0v) is 14.7. The van der Waals surface area contributed by atoms with Gasteiger partial charge in [0.2, 0.25) is 0 Å². The van der Waals surface area contributed by atoms with Crippen molar-refractivity contribution in [1.29, 1.82) is 0 Å².